The zero-order valence-electron chi connectivity index (χ0n) is 12.5. The average molecular weight is 278 g/mol. The van der Waals surface area contributed by atoms with Gasteiger partial charge in [0.05, 0.1) is 13.2 Å². The molecule has 0 aliphatic rings. The first kappa shape index (κ1) is 16.7. The van der Waals surface area contributed by atoms with Crippen LogP contribution in [0.15, 0.2) is 30.3 Å². The summed E-state index contributed by atoms with van der Waals surface area (Å²) in [6.45, 7) is 4.49. The van der Waals surface area contributed by atoms with Crippen molar-refractivity contribution in [1.82, 2.24) is 0 Å². The van der Waals surface area contributed by atoms with Gasteiger partial charge in [0.2, 0.25) is 0 Å². The largest absolute Gasteiger partial charge is 0.465 e. The lowest BCUT2D eigenvalue weighted by atomic mass is 10.00. The van der Waals surface area contributed by atoms with Crippen molar-refractivity contribution in [2.24, 2.45) is 5.92 Å². The third-order valence-electron chi connectivity index (χ3n) is 3.48. The zero-order chi connectivity index (χ0) is 14.8. The highest BCUT2D eigenvalue weighted by atomic mass is 16.5. The Morgan fingerprint density at radius 1 is 1.25 bits per heavy atom. The van der Waals surface area contributed by atoms with E-state index in [0.29, 0.717) is 12.5 Å². The van der Waals surface area contributed by atoms with Gasteiger partial charge in [-0.2, -0.15) is 0 Å². The molecule has 0 aliphatic heterocycles. The molecule has 2 unspecified atom stereocenters. The third-order valence-corrected chi connectivity index (χ3v) is 3.48. The highest BCUT2D eigenvalue weighted by molar-refractivity contribution is 5.78. The maximum absolute atomic E-state index is 12.0. The maximum atomic E-state index is 12.0. The van der Waals surface area contributed by atoms with Crippen molar-refractivity contribution in [3.63, 3.8) is 0 Å². The molecule has 0 bridgehead atoms. The van der Waals surface area contributed by atoms with E-state index in [4.69, 9.17) is 4.74 Å². The molecule has 0 amide bonds. The van der Waals surface area contributed by atoms with E-state index in [1.165, 1.54) is 19.3 Å². The summed E-state index contributed by atoms with van der Waals surface area (Å²) < 4.78 is 5.34. The molecule has 1 aromatic carbocycles. The fourth-order valence-corrected chi connectivity index (χ4v) is 2.15. The van der Waals surface area contributed by atoms with Crippen LogP contribution in [0.2, 0.25) is 0 Å². The van der Waals surface area contributed by atoms with Crippen LogP contribution in [-0.4, -0.2) is 24.3 Å². The van der Waals surface area contributed by atoms with Gasteiger partial charge < -0.3 is 9.84 Å². The minimum absolute atomic E-state index is 0.215. The third kappa shape index (κ3) is 5.74. The van der Waals surface area contributed by atoms with Crippen LogP contribution in [0.4, 0.5) is 0 Å². The number of unbranched alkanes of at least 4 members (excludes halogenated alkanes) is 2. The predicted molar refractivity (Wildman–Crippen MR) is 80.5 cm³/mol. The van der Waals surface area contributed by atoms with E-state index in [1.54, 1.807) is 0 Å². The molecule has 3 heteroatoms. The lowest BCUT2D eigenvalue weighted by Gasteiger charge is -2.16. The van der Waals surface area contributed by atoms with Crippen molar-refractivity contribution >= 4 is 5.97 Å². The second-order valence-corrected chi connectivity index (χ2v) is 5.38. The Bertz CT molecular complexity index is 375. The first-order valence-electron chi connectivity index (χ1n) is 7.51. The molecular formula is C17H26O3. The van der Waals surface area contributed by atoms with E-state index < -0.39 is 5.92 Å². The molecule has 1 N–H and O–H groups in total. The standard InChI is InChI=1S/C17H26O3/c1-3-4-6-9-14(2)13-20-17(19)16(12-18)15-10-7-5-8-11-15/h5,7-8,10-11,14,16,18H,3-4,6,9,12-13H2,1-2H3. The van der Waals surface area contributed by atoms with Crippen molar-refractivity contribution in [3.05, 3.63) is 35.9 Å². The van der Waals surface area contributed by atoms with Crippen LogP contribution in [0.1, 0.15) is 51.0 Å². The van der Waals surface area contributed by atoms with E-state index in [1.807, 2.05) is 30.3 Å². The van der Waals surface area contributed by atoms with Crippen LogP contribution in [0, 0.1) is 5.92 Å². The molecule has 0 saturated carbocycles. The van der Waals surface area contributed by atoms with Gasteiger partial charge in [-0.05, 0) is 17.9 Å². The number of aliphatic hydroxyl groups excluding tert-OH is 1. The van der Waals surface area contributed by atoms with Crippen molar-refractivity contribution in [3.8, 4) is 0 Å². The van der Waals surface area contributed by atoms with Crippen molar-refractivity contribution in [2.45, 2.75) is 45.4 Å². The first-order chi connectivity index (χ1) is 9.69. The summed E-state index contributed by atoms with van der Waals surface area (Å²) in [6, 6.07) is 9.29. The summed E-state index contributed by atoms with van der Waals surface area (Å²) in [6.07, 6.45) is 4.68. The molecule has 1 aromatic rings. The van der Waals surface area contributed by atoms with Crippen LogP contribution < -0.4 is 0 Å². The summed E-state index contributed by atoms with van der Waals surface area (Å²) >= 11 is 0. The van der Waals surface area contributed by atoms with E-state index in [9.17, 15) is 9.90 Å². The van der Waals surface area contributed by atoms with Crippen molar-refractivity contribution in [2.75, 3.05) is 13.2 Å². The Morgan fingerprint density at radius 3 is 2.55 bits per heavy atom. The number of benzene rings is 1. The monoisotopic (exact) mass is 278 g/mol. The molecular weight excluding hydrogens is 252 g/mol. The number of carbonyl (C=O) groups excluding carboxylic acids is 1. The smallest absolute Gasteiger partial charge is 0.315 e. The summed E-state index contributed by atoms with van der Waals surface area (Å²) in [5.74, 6) is -0.527. The van der Waals surface area contributed by atoms with Gasteiger partial charge in [-0.25, -0.2) is 0 Å². The van der Waals surface area contributed by atoms with Crippen LogP contribution in [0.3, 0.4) is 0 Å². The van der Waals surface area contributed by atoms with Gasteiger partial charge in [-0.3, -0.25) is 4.79 Å². The zero-order valence-corrected chi connectivity index (χ0v) is 12.5. The Morgan fingerprint density at radius 2 is 1.95 bits per heavy atom. The molecule has 0 spiro atoms. The molecule has 20 heavy (non-hydrogen) atoms. The second-order valence-electron chi connectivity index (χ2n) is 5.38. The number of aliphatic hydroxyl groups is 1. The van der Waals surface area contributed by atoms with Crippen LogP contribution in [0.25, 0.3) is 0 Å². The number of ether oxygens (including phenoxy) is 1. The molecule has 112 valence electrons. The lowest BCUT2D eigenvalue weighted by molar-refractivity contribution is -0.147. The van der Waals surface area contributed by atoms with Gasteiger partial charge in [0.15, 0.2) is 0 Å². The van der Waals surface area contributed by atoms with Gasteiger partial charge in [0.1, 0.15) is 5.92 Å². The quantitative estimate of drug-likeness (QED) is 0.555. The molecule has 3 nitrogen and oxygen atoms in total. The predicted octanol–water partition coefficient (Wildman–Crippen LogP) is 3.52. The van der Waals surface area contributed by atoms with Crippen LogP contribution >= 0.6 is 0 Å². The van der Waals surface area contributed by atoms with Gasteiger partial charge in [-0.15, -0.1) is 0 Å². The molecule has 1 rings (SSSR count). The molecule has 2 atom stereocenters. The Labute approximate surface area is 122 Å². The number of esters is 1. The van der Waals surface area contributed by atoms with Gasteiger partial charge in [0, 0.05) is 0 Å². The fourth-order valence-electron chi connectivity index (χ4n) is 2.15. The van der Waals surface area contributed by atoms with Gasteiger partial charge in [0.25, 0.3) is 0 Å². The SMILES string of the molecule is CCCCCC(C)COC(=O)C(CO)c1ccccc1. The number of rotatable bonds is 9. The fraction of sp³-hybridized carbons (Fsp3) is 0.588. The van der Waals surface area contributed by atoms with Crippen LogP contribution in [-0.2, 0) is 9.53 Å². The van der Waals surface area contributed by atoms with Crippen molar-refractivity contribution < 1.29 is 14.6 Å². The lowest BCUT2D eigenvalue weighted by Crippen LogP contribution is -2.21. The Kier molecular flexibility index (Phi) is 7.97. The first-order valence-corrected chi connectivity index (χ1v) is 7.51. The van der Waals surface area contributed by atoms with E-state index >= 15 is 0 Å². The van der Waals surface area contributed by atoms with E-state index in [0.717, 1.165) is 12.0 Å². The summed E-state index contributed by atoms with van der Waals surface area (Å²) in [7, 11) is 0. The number of hydrogen-bond acceptors (Lipinski definition) is 3. The number of carbonyl (C=O) groups is 1. The minimum Gasteiger partial charge on any atom is -0.465 e. The van der Waals surface area contributed by atoms with Crippen molar-refractivity contribution in [1.29, 1.82) is 0 Å². The number of hydrogen-bond donors (Lipinski definition) is 1. The topological polar surface area (TPSA) is 46.5 Å². The molecule has 0 aliphatic carbocycles. The average Bonchev–Trinajstić information content (AvgIpc) is 2.47. The van der Waals surface area contributed by atoms with Crippen LogP contribution in [0.5, 0.6) is 0 Å². The Balaban J connectivity index is 2.40. The summed E-state index contributed by atoms with van der Waals surface area (Å²) in [5.41, 5.74) is 0.804. The van der Waals surface area contributed by atoms with Gasteiger partial charge >= 0.3 is 5.97 Å². The minimum atomic E-state index is -0.570. The molecule has 0 radical (unpaired) electrons. The second kappa shape index (κ2) is 9.54. The van der Waals surface area contributed by atoms with Gasteiger partial charge in [-0.1, -0.05) is 63.4 Å². The summed E-state index contributed by atoms with van der Waals surface area (Å²) in [5, 5.41) is 9.39. The molecule has 0 saturated heterocycles. The molecule has 0 heterocycles. The normalized spacial score (nSPS) is 13.8. The summed E-state index contributed by atoms with van der Waals surface area (Å²) in [4.78, 5) is 12.0. The molecule has 0 fully saturated rings. The van der Waals surface area contributed by atoms with E-state index in [2.05, 4.69) is 13.8 Å². The van der Waals surface area contributed by atoms with E-state index in [-0.39, 0.29) is 12.6 Å². The highest BCUT2D eigenvalue weighted by Crippen LogP contribution is 2.18. The maximum Gasteiger partial charge on any atom is 0.315 e. The molecule has 0 aromatic heterocycles. The highest BCUT2D eigenvalue weighted by Gasteiger charge is 2.21. The Hall–Kier alpha value is -1.35.